The summed E-state index contributed by atoms with van der Waals surface area (Å²) in [4.78, 5) is 29.6. The molecule has 1 aromatic heterocycles. The van der Waals surface area contributed by atoms with E-state index >= 15 is 0 Å². The molecule has 0 radical (unpaired) electrons. The van der Waals surface area contributed by atoms with Crippen LogP contribution >= 0.6 is 0 Å². The number of rotatable bonds is 2. The first kappa shape index (κ1) is 18.1. The predicted molar refractivity (Wildman–Crippen MR) is 118 cm³/mol. The number of hydrogen-bond acceptors (Lipinski definition) is 4. The number of aromatic amines is 1. The highest BCUT2D eigenvalue weighted by Crippen LogP contribution is 2.57. The monoisotopic (exact) mass is 410 g/mol. The topological polar surface area (TPSA) is 78.1 Å². The number of anilines is 2. The van der Waals surface area contributed by atoms with Gasteiger partial charge in [-0.3, -0.25) is 14.7 Å². The fourth-order valence-corrected chi connectivity index (χ4v) is 5.51. The second-order valence-electron chi connectivity index (χ2n) is 8.47. The third-order valence-electron chi connectivity index (χ3n) is 6.73. The van der Waals surface area contributed by atoms with Crippen molar-refractivity contribution in [2.24, 2.45) is 0 Å². The average Bonchev–Trinajstić information content (AvgIpc) is 3.27. The Morgan fingerprint density at radius 2 is 1.81 bits per heavy atom. The number of para-hydroxylation sites is 1. The number of amides is 1. The van der Waals surface area contributed by atoms with Gasteiger partial charge in [-0.2, -0.15) is 5.10 Å². The van der Waals surface area contributed by atoms with Gasteiger partial charge in [-0.15, -0.1) is 0 Å². The molecule has 6 nitrogen and oxygen atoms in total. The van der Waals surface area contributed by atoms with E-state index in [-0.39, 0.29) is 11.7 Å². The Morgan fingerprint density at radius 3 is 2.65 bits per heavy atom. The molecule has 1 spiro atoms. The van der Waals surface area contributed by atoms with Crippen molar-refractivity contribution in [3.05, 3.63) is 88.3 Å². The van der Waals surface area contributed by atoms with E-state index in [1.807, 2.05) is 66.4 Å². The molecule has 2 aliphatic heterocycles. The number of fused-ring (bicyclic) bond motifs is 5. The van der Waals surface area contributed by atoms with Crippen LogP contribution in [0.4, 0.5) is 11.5 Å². The zero-order valence-electron chi connectivity index (χ0n) is 17.2. The van der Waals surface area contributed by atoms with Crippen LogP contribution in [0.1, 0.15) is 41.6 Å². The Morgan fingerprint density at radius 1 is 1.03 bits per heavy atom. The van der Waals surface area contributed by atoms with Crippen molar-refractivity contribution in [2.75, 3.05) is 10.2 Å². The van der Waals surface area contributed by atoms with E-state index in [4.69, 9.17) is 0 Å². The summed E-state index contributed by atoms with van der Waals surface area (Å²) in [6, 6.07) is 17.8. The molecule has 1 unspecified atom stereocenters. The van der Waals surface area contributed by atoms with Crippen molar-refractivity contribution in [1.29, 1.82) is 0 Å². The highest BCUT2D eigenvalue weighted by atomic mass is 16.2. The molecule has 0 saturated carbocycles. The van der Waals surface area contributed by atoms with Crippen molar-refractivity contribution >= 4 is 23.2 Å². The fourth-order valence-electron chi connectivity index (χ4n) is 5.51. The third-order valence-corrected chi connectivity index (χ3v) is 6.73. The van der Waals surface area contributed by atoms with Crippen LogP contribution < -0.4 is 10.2 Å². The lowest BCUT2D eigenvalue weighted by molar-refractivity contribution is -0.124. The second kappa shape index (κ2) is 6.41. The number of H-pyrrole nitrogens is 1. The van der Waals surface area contributed by atoms with Crippen molar-refractivity contribution in [1.82, 2.24) is 10.2 Å². The van der Waals surface area contributed by atoms with Crippen molar-refractivity contribution in [2.45, 2.75) is 38.1 Å². The van der Waals surface area contributed by atoms with Crippen molar-refractivity contribution in [3.8, 4) is 0 Å². The number of aromatic nitrogens is 2. The minimum atomic E-state index is -1.16. The highest BCUT2D eigenvalue weighted by Gasteiger charge is 2.61. The molecule has 3 aliphatic rings. The maximum atomic E-state index is 14.4. The molecule has 154 valence electrons. The summed E-state index contributed by atoms with van der Waals surface area (Å²) in [6.45, 7) is 2.37. The lowest BCUT2D eigenvalue weighted by atomic mass is 9.64. The third kappa shape index (κ3) is 2.30. The van der Waals surface area contributed by atoms with Crippen LogP contribution in [0.3, 0.4) is 0 Å². The fraction of sp³-hybridized carbons (Fsp3) is 0.240. The number of hydrogen-bond donors (Lipinski definition) is 2. The molecular weight excluding hydrogens is 388 g/mol. The summed E-state index contributed by atoms with van der Waals surface area (Å²) >= 11 is 0. The van der Waals surface area contributed by atoms with E-state index in [1.54, 1.807) is 0 Å². The Balaban J connectivity index is 1.65. The molecule has 3 heterocycles. The van der Waals surface area contributed by atoms with Crippen LogP contribution in [0.5, 0.6) is 0 Å². The number of aryl methyl sites for hydroxylation is 1. The van der Waals surface area contributed by atoms with Crippen LogP contribution in [0.15, 0.2) is 65.9 Å². The normalized spacial score (nSPS) is 21.8. The first-order valence-corrected chi connectivity index (χ1v) is 10.7. The summed E-state index contributed by atoms with van der Waals surface area (Å²) in [5, 5.41) is 10.9. The molecule has 31 heavy (non-hydrogen) atoms. The van der Waals surface area contributed by atoms with Crippen LogP contribution in [0, 0.1) is 6.92 Å². The lowest BCUT2D eigenvalue weighted by Gasteiger charge is -2.38. The van der Waals surface area contributed by atoms with Crippen molar-refractivity contribution < 1.29 is 9.59 Å². The highest BCUT2D eigenvalue weighted by molar-refractivity contribution is 6.20. The van der Waals surface area contributed by atoms with Crippen LogP contribution in [0.25, 0.3) is 0 Å². The standard InChI is InChI=1S/C25H22N4O2/c1-15-21-23(28-27-15)26-18-11-7-13-20(30)22(18)25(21)17-10-5-6-12-19(17)29(24(25)31)14-16-8-3-2-4-9-16/h2-6,8-10,12H,7,11,13-14H2,1H3,(H2,26,27,28). The minimum absolute atomic E-state index is 0.0460. The van der Waals surface area contributed by atoms with E-state index in [9.17, 15) is 9.59 Å². The number of ketones is 1. The molecule has 6 heteroatoms. The molecule has 6 rings (SSSR count). The summed E-state index contributed by atoms with van der Waals surface area (Å²) in [6.07, 6.45) is 1.98. The molecule has 0 fully saturated rings. The quantitative estimate of drug-likeness (QED) is 0.670. The van der Waals surface area contributed by atoms with Gasteiger partial charge in [0.2, 0.25) is 5.91 Å². The van der Waals surface area contributed by atoms with Crippen LogP contribution in [-0.2, 0) is 21.5 Å². The number of carbonyl (C=O) groups is 2. The van der Waals surface area contributed by atoms with E-state index in [1.165, 1.54) is 0 Å². The number of nitrogens with zero attached hydrogens (tertiary/aromatic N) is 2. The lowest BCUT2D eigenvalue weighted by Crippen LogP contribution is -2.48. The minimum Gasteiger partial charge on any atom is -0.342 e. The molecule has 2 aromatic carbocycles. The Hall–Kier alpha value is -3.67. The number of allylic oxidation sites excluding steroid dienone is 1. The van der Waals surface area contributed by atoms with Gasteiger partial charge in [0.05, 0.1) is 6.54 Å². The van der Waals surface area contributed by atoms with Gasteiger partial charge < -0.3 is 10.2 Å². The zero-order valence-corrected chi connectivity index (χ0v) is 17.2. The maximum absolute atomic E-state index is 14.4. The summed E-state index contributed by atoms with van der Waals surface area (Å²) < 4.78 is 0. The van der Waals surface area contributed by atoms with Gasteiger partial charge in [0.1, 0.15) is 5.41 Å². The van der Waals surface area contributed by atoms with E-state index in [2.05, 4.69) is 15.5 Å². The zero-order chi connectivity index (χ0) is 21.2. The van der Waals surface area contributed by atoms with E-state index < -0.39 is 5.41 Å². The Bertz CT molecular complexity index is 1270. The van der Waals surface area contributed by atoms with Crippen molar-refractivity contribution in [3.63, 3.8) is 0 Å². The summed E-state index contributed by atoms with van der Waals surface area (Å²) in [5.74, 6) is 0.618. The molecule has 2 N–H and O–H groups in total. The molecule has 1 amide bonds. The molecular formula is C25H22N4O2. The van der Waals surface area contributed by atoms with Gasteiger partial charge in [0, 0.05) is 40.2 Å². The van der Waals surface area contributed by atoms with Crippen LogP contribution in [-0.4, -0.2) is 21.9 Å². The van der Waals surface area contributed by atoms with Gasteiger partial charge in [0.25, 0.3) is 0 Å². The predicted octanol–water partition coefficient (Wildman–Crippen LogP) is 3.98. The van der Waals surface area contributed by atoms with Gasteiger partial charge >= 0.3 is 0 Å². The largest absolute Gasteiger partial charge is 0.342 e. The summed E-state index contributed by atoms with van der Waals surface area (Å²) in [7, 11) is 0. The molecule has 3 aromatic rings. The smallest absolute Gasteiger partial charge is 0.247 e. The van der Waals surface area contributed by atoms with Gasteiger partial charge in [-0.25, -0.2) is 0 Å². The molecule has 1 aliphatic carbocycles. The first-order valence-electron chi connectivity index (χ1n) is 10.7. The average molecular weight is 410 g/mol. The number of Topliss-reactive ketones (excluding diaryl/α,β-unsaturated/α-hetero) is 1. The van der Waals surface area contributed by atoms with Gasteiger partial charge in [0.15, 0.2) is 11.6 Å². The van der Waals surface area contributed by atoms with Gasteiger partial charge in [-0.1, -0.05) is 48.5 Å². The summed E-state index contributed by atoms with van der Waals surface area (Å²) in [5.41, 5.74) is 4.62. The molecule has 0 saturated heterocycles. The molecule has 0 bridgehead atoms. The number of benzene rings is 2. The number of nitrogens with one attached hydrogen (secondary N) is 2. The number of carbonyl (C=O) groups excluding carboxylic acids is 2. The second-order valence-corrected chi connectivity index (χ2v) is 8.47. The van der Waals surface area contributed by atoms with Crippen LogP contribution in [0.2, 0.25) is 0 Å². The van der Waals surface area contributed by atoms with E-state index in [0.29, 0.717) is 24.4 Å². The Kier molecular flexibility index (Phi) is 3.75. The maximum Gasteiger partial charge on any atom is 0.247 e. The van der Waals surface area contributed by atoms with Gasteiger partial charge in [-0.05, 0) is 31.4 Å². The first-order chi connectivity index (χ1) is 15.1. The SMILES string of the molecule is Cc1[nH]nc2c1C1(C(=O)N(Cc3ccccc3)c3ccccc31)C1=C(CCCC1=O)N2. The Labute approximate surface area is 180 Å². The van der Waals surface area contributed by atoms with E-state index in [0.717, 1.165) is 46.6 Å². The molecule has 1 atom stereocenters.